The van der Waals surface area contributed by atoms with Gasteiger partial charge in [-0.1, -0.05) is 25.1 Å². The summed E-state index contributed by atoms with van der Waals surface area (Å²) in [7, 11) is 0. The molecule has 3 rings (SSSR count). The van der Waals surface area contributed by atoms with Crippen molar-refractivity contribution in [3.8, 4) is 5.69 Å². The Morgan fingerprint density at radius 3 is 2.50 bits per heavy atom. The first-order valence-corrected chi connectivity index (χ1v) is 8.84. The highest BCUT2D eigenvalue weighted by Gasteiger charge is 2.42. The zero-order valence-corrected chi connectivity index (χ0v) is 15.4. The van der Waals surface area contributed by atoms with E-state index >= 15 is 0 Å². The van der Waals surface area contributed by atoms with Crippen molar-refractivity contribution in [1.82, 2.24) is 14.7 Å². The Kier molecular flexibility index (Phi) is 5.18. The lowest BCUT2D eigenvalue weighted by molar-refractivity contribution is -0.145. The number of aryl methyl sites for hydroxylation is 1. The Balaban J connectivity index is 1.98. The van der Waals surface area contributed by atoms with Crippen LogP contribution in [0.25, 0.3) is 5.69 Å². The smallest absolute Gasteiger partial charge is 0.434 e. The Morgan fingerprint density at radius 1 is 1.25 bits per heavy atom. The maximum atomic E-state index is 13.8. The number of hydrogen-bond donors (Lipinski definition) is 1. The molecule has 1 fully saturated rings. The van der Waals surface area contributed by atoms with Gasteiger partial charge in [0.1, 0.15) is 0 Å². The van der Waals surface area contributed by atoms with Crippen molar-refractivity contribution < 1.29 is 27.9 Å². The van der Waals surface area contributed by atoms with Crippen molar-refractivity contribution in [3.05, 3.63) is 47.3 Å². The van der Waals surface area contributed by atoms with Crippen LogP contribution in [0.3, 0.4) is 0 Å². The number of piperidine rings is 1. The maximum absolute atomic E-state index is 13.8. The van der Waals surface area contributed by atoms with Crippen LogP contribution in [0, 0.1) is 18.8 Å². The van der Waals surface area contributed by atoms with E-state index in [1.165, 1.54) is 11.0 Å². The molecule has 0 radical (unpaired) electrons. The first-order chi connectivity index (χ1) is 13.1. The molecule has 1 saturated heterocycles. The van der Waals surface area contributed by atoms with Crippen LogP contribution >= 0.6 is 0 Å². The van der Waals surface area contributed by atoms with Crippen LogP contribution < -0.4 is 0 Å². The van der Waals surface area contributed by atoms with Gasteiger partial charge in [-0.05, 0) is 30.9 Å². The van der Waals surface area contributed by atoms with E-state index in [0.29, 0.717) is 5.56 Å². The number of aliphatic carboxylic acids is 1. The summed E-state index contributed by atoms with van der Waals surface area (Å²) in [4.78, 5) is 25.3. The molecule has 0 bridgehead atoms. The molecule has 9 heteroatoms. The second-order valence-electron chi connectivity index (χ2n) is 7.06. The van der Waals surface area contributed by atoms with Gasteiger partial charge in [-0.25, -0.2) is 4.68 Å². The van der Waals surface area contributed by atoms with Crippen LogP contribution in [0.15, 0.2) is 30.5 Å². The number of benzene rings is 1. The van der Waals surface area contributed by atoms with Crippen LogP contribution in [0.1, 0.15) is 35.0 Å². The predicted octanol–water partition coefficient (Wildman–Crippen LogP) is 3.38. The molecule has 1 amide bonds. The molecule has 6 nitrogen and oxygen atoms in total. The Morgan fingerprint density at radius 2 is 1.93 bits per heavy atom. The number of amides is 1. The van der Waals surface area contributed by atoms with Gasteiger partial charge < -0.3 is 10.0 Å². The Labute approximate surface area is 159 Å². The van der Waals surface area contributed by atoms with E-state index in [-0.39, 0.29) is 31.1 Å². The third kappa shape index (κ3) is 3.61. The first kappa shape index (κ1) is 19.9. The van der Waals surface area contributed by atoms with Crippen molar-refractivity contribution in [1.29, 1.82) is 0 Å². The third-order valence-corrected chi connectivity index (χ3v) is 5.12. The molecule has 0 spiro atoms. The molecule has 1 aliphatic heterocycles. The lowest BCUT2D eigenvalue weighted by Crippen LogP contribution is -2.45. The fourth-order valence-corrected chi connectivity index (χ4v) is 3.63. The van der Waals surface area contributed by atoms with Gasteiger partial charge in [0.25, 0.3) is 5.91 Å². The van der Waals surface area contributed by atoms with Crippen molar-refractivity contribution in [2.45, 2.75) is 26.4 Å². The van der Waals surface area contributed by atoms with E-state index < -0.39 is 35.2 Å². The number of carbonyl (C=O) groups is 2. The van der Waals surface area contributed by atoms with E-state index in [4.69, 9.17) is 0 Å². The highest BCUT2D eigenvalue weighted by Crippen LogP contribution is 2.35. The minimum absolute atomic E-state index is 0.0860. The minimum Gasteiger partial charge on any atom is -0.481 e. The second kappa shape index (κ2) is 7.29. The summed E-state index contributed by atoms with van der Waals surface area (Å²) in [6.07, 6.45) is -3.64. The summed E-state index contributed by atoms with van der Waals surface area (Å²) < 4.78 is 42.2. The van der Waals surface area contributed by atoms with Crippen molar-refractivity contribution in [2.75, 3.05) is 13.1 Å². The molecule has 1 aliphatic rings. The number of carboxylic acids is 1. The average molecular weight is 395 g/mol. The number of nitrogens with zero attached hydrogens (tertiary/aromatic N) is 3. The molecule has 2 unspecified atom stereocenters. The van der Waals surface area contributed by atoms with E-state index in [1.807, 2.05) is 0 Å². The van der Waals surface area contributed by atoms with Crippen molar-refractivity contribution in [3.63, 3.8) is 0 Å². The number of para-hydroxylation sites is 1. The molecule has 2 atom stereocenters. The number of likely N-dealkylation sites (tertiary alicyclic amines) is 1. The summed E-state index contributed by atoms with van der Waals surface area (Å²) in [5.41, 5.74) is -0.825. The highest BCUT2D eigenvalue weighted by molar-refractivity contribution is 5.95. The molecule has 2 heterocycles. The monoisotopic (exact) mass is 395 g/mol. The van der Waals surface area contributed by atoms with E-state index in [0.717, 1.165) is 10.9 Å². The Hall–Kier alpha value is -2.84. The maximum Gasteiger partial charge on any atom is 0.434 e. The number of alkyl halides is 3. The zero-order valence-electron chi connectivity index (χ0n) is 15.4. The number of rotatable bonds is 3. The van der Waals surface area contributed by atoms with Crippen molar-refractivity contribution >= 4 is 11.9 Å². The molecule has 0 aliphatic carbocycles. The molecular weight excluding hydrogens is 375 g/mol. The Bertz CT molecular complexity index is 907. The van der Waals surface area contributed by atoms with E-state index in [9.17, 15) is 27.9 Å². The molecular formula is C19H20F3N3O3. The fraction of sp³-hybridized carbons (Fsp3) is 0.421. The molecule has 28 heavy (non-hydrogen) atoms. The lowest BCUT2D eigenvalue weighted by Gasteiger charge is -2.35. The number of aromatic nitrogens is 2. The first-order valence-electron chi connectivity index (χ1n) is 8.84. The standard InChI is InChI=1S/C19H20F3N3O3/c1-11-5-3-4-6-15(11)25-16(19(20,21)22)14(9-23-25)17(26)24-8-7-13(18(27)28)12(2)10-24/h3-6,9,12-13H,7-8,10H2,1-2H3,(H,27,28). The third-order valence-electron chi connectivity index (χ3n) is 5.12. The van der Waals surface area contributed by atoms with E-state index in [1.54, 1.807) is 32.0 Å². The second-order valence-corrected chi connectivity index (χ2v) is 7.06. The van der Waals surface area contributed by atoms with Gasteiger partial charge in [-0.3, -0.25) is 9.59 Å². The fourth-order valence-electron chi connectivity index (χ4n) is 3.63. The van der Waals surface area contributed by atoms with Gasteiger partial charge in [-0.2, -0.15) is 18.3 Å². The van der Waals surface area contributed by atoms with Crippen LogP contribution in [-0.2, 0) is 11.0 Å². The minimum atomic E-state index is -4.78. The lowest BCUT2D eigenvalue weighted by atomic mass is 9.87. The van der Waals surface area contributed by atoms with Crippen LogP contribution in [0.5, 0.6) is 0 Å². The van der Waals surface area contributed by atoms with Crippen molar-refractivity contribution in [2.24, 2.45) is 11.8 Å². The quantitative estimate of drug-likeness (QED) is 0.865. The van der Waals surface area contributed by atoms with E-state index in [2.05, 4.69) is 5.10 Å². The number of halogens is 3. The number of carboxylic acid groups (broad SMARTS) is 1. The molecule has 150 valence electrons. The summed E-state index contributed by atoms with van der Waals surface area (Å²) in [5, 5.41) is 13.0. The zero-order chi connectivity index (χ0) is 20.6. The summed E-state index contributed by atoms with van der Waals surface area (Å²) in [6.45, 7) is 3.52. The SMILES string of the molecule is Cc1ccccc1-n1ncc(C(=O)N2CCC(C(=O)O)C(C)C2)c1C(F)(F)F. The van der Waals surface area contributed by atoms with Gasteiger partial charge >= 0.3 is 12.1 Å². The normalized spacial score (nSPS) is 20.2. The van der Waals surface area contributed by atoms with Crippen LogP contribution in [0.2, 0.25) is 0 Å². The topological polar surface area (TPSA) is 75.4 Å². The summed E-state index contributed by atoms with van der Waals surface area (Å²) in [6, 6.07) is 6.48. The highest BCUT2D eigenvalue weighted by atomic mass is 19.4. The molecule has 1 N–H and O–H groups in total. The van der Waals surface area contributed by atoms with Gasteiger partial charge in [0.2, 0.25) is 0 Å². The van der Waals surface area contributed by atoms with Gasteiger partial charge in [0.15, 0.2) is 5.69 Å². The number of hydrogen-bond acceptors (Lipinski definition) is 3. The summed E-state index contributed by atoms with van der Waals surface area (Å²) >= 11 is 0. The van der Waals surface area contributed by atoms with Gasteiger partial charge in [0, 0.05) is 13.1 Å². The molecule has 1 aromatic heterocycles. The molecule has 2 aromatic rings. The van der Waals surface area contributed by atoms with Crippen LogP contribution in [-0.4, -0.2) is 44.8 Å². The van der Waals surface area contributed by atoms with Crippen LogP contribution in [0.4, 0.5) is 13.2 Å². The average Bonchev–Trinajstić information content (AvgIpc) is 3.06. The van der Waals surface area contributed by atoms with Gasteiger partial charge in [-0.15, -0.1) is 0 Å². The molecule has 0 saturated carbocycles. The predicted molar refractivity (Wildman–Crippen MR) is 94.1 cm³/mol. The number of carbonyl (C=O) groups excluding carboxylic acids is 1. The molecule has 1 aromatic carbocycles. The van der Waals surface area contributed by atoms with Gasteiger partial charge in [0.05, 0.1) is 23.4 Å². The summed E-state index contributed by atoms with van der Waals surface area (Å²) in [5.74, 6) is -2.71. The largest absolute Gasteiger partial charge is 0.481 e.